The van der Waals surface area contributed by atoms with Crippen molar-refractivity contribution < 1.29 is 18.7 Å². The topological polar surface area (TPSA) is 73.1 Å². The van der Waals surface area contributed by atoms with Crippen LogP contribution in [0.3, 0.4) is 0 Å². The Morgan fingerprint density at radius 3 is 2.60 bits per heavy atom. The Morgan fingerprint density at radius 2 is 1.77 bits per heavy atom. The number of amides is 1. The normalized spacial score (nSPS) is 11.3. The average molecular weight is 485 g/mol. The molecule has 0 atom stereocenters. The van der Waals surface area contributed by atoms with E-state index >= 15 is 0 Å². The van der Waals surface area contributed by atoms with Crippen LogP contribution in [0.25, 0.3) is 21.7 Å². The van der Waals surface area contributed by atoms with Crippen LogP contribution in [0.2, 0.25) is 5.02 Å². The molecule has 0 radical (unpaired) electrons. The molecule has 0 bridgehead atoms. The molecule has 7 heteroatoms. The Labute approximate surface area is 206 Å². The number of carbonyl (C=O) groups is 1. The Bertz CT molecular complexity index is 1520. The maximum atomic E-state index is 12.4. The van der Waals surface area contributed by atoms with Gasteiger partial charge in [-0.2, -0.15) is 5.10 Å². The summed E-state index contributed by atoms with van der Waals surface area (Å²) in [6.07, 6.45) is 1.48. The number of rotatable bonds is 7. The molecular formula is C28H21ClN2O4. The highest BCUT2D eigenvalue weighted by Gasteiger charge is 2.14. The molecule has 0 aliphatic rings. The summed E-state index contributed by atoms with van der Waals surface area (Å²) in [5.74, 6) is 0.620. The van der Waals surface area contributed by atoms with E-state index in [2.05, 4.69) is 28.7 Å². The summed E-state index contributed by atoms with van der Waals surface area (Å²) >= 11 is 6.51. The molecule has 1 amide bonds. The number of carbonyl (C=O) groups excluding carboxylic acids is 1. The summed E-state index contributed by atoms with van der Waals surface area (Å²) in [6, 6.07) is 26.7. The molecule has 1 aromatic heterocycles. The number of nitrogens with zero attached hydrogens (tertiary/aromatic N) is 1. The Kier molecular flexibility index (Phi) is 6.37. The van der Waals surface area contributed by atoms with Gasteiger partial charge in [0.2, 0.25) is 0 Å². The van der Waals surface area contributed by atoms with Crippen LogP contribution < -0.4 is 14.9 Å². The number of para-hydroxylation sites is 1. The van der Waals surface area contributed by atoms with E-state index in [9.17, 15) is 4.79 Å². The Hall–Kier alpha value is -4.29. The first-order valence-electron chi connectivity index (χ1n) is 10.9. The second-order valence-corrected chi connectivity index (χ2v) is 8.22. The van der Waals surface area contributed by atoms with Gasteiger partial charge in [-0.25, -0.2) is 5.43 Å². The number of benzene rings is 4. The third-order valence-electron chi connectivity index (χ3n) is 5.53. The fourth-order valence-electron chi connectivity index (χ4n) is 3.84. The highest BCUT2D eigenvalue weighted by Crippen LogP contribution is 2.37. The highest BCUT2D eigenvalue weighted by atomic mass is 35.5. The van der Waals surface area contributed by atoms with Crippen LogP contribution in [0.1, 0.15) is 21.7 Å². The number of ether oxygens (including phenoxy) is 2. The molecule has 5 rings (SSSR count). The van der Waals surface area contributed by atoms with E-state index in [1.807, 2.05) is 42.5 Å². The van der Waals surface area contributed by atoms with Crippen LogP contribution in [0.4, 0.5) is 0 Å². The molecule has 0 saturated heterocycles. The molecule has 0 fully saturated rings. The second-order valence-electron chi connectivity index (χ2n) is 7.81. The molecule has 0 aliphatic carbocycles. The Morgan fingerprint density at radius 1 is 1.00 bits per heavy atom. The van der Waals surface area contributed by atoms with Crippen molar-refractivity contribution in [1.82, 2.24) is 5.43 Å². The summed E-state index contributed by atoms with van der Waals surface area (Å²) in [7, 11) is 1.54. The van der Waals surface area contributed by atoms with Crippen LogP contribution in [0.15, 0.2) is 94.4 Å². The van der Waals surface area contributed by atoms with Crippen molar-refractivity contribution in [2.24, 2.45) is 5.10 Å². The smallest absolute Gasteiger partial charge is 0.307 e. The minimum Gasteiger partial charge on any atom is -0.493 e. The molecule has 0 aliphatic heterocycles. The lowest BCUT2D eigenvalue weighted by Crippen LogP contribution is -2.16. The van der Waals surface area contributed by atoms with Crippen molar-refractivity contribution in [3.8, 4) is 11.5 Å². The summed E-state index contributed by atoms with van der Waals surface area (Å²) < 4.78 is 17.1. The highest BCUT2D eigenvalue weighted by molar-refractivity contribution is 6.32. The van der Waals surface area contributed by atoms with Gasteiger partial charge in [-0.05, 0) is 46.2 Å². The molecule has 0 spiro atoms. The van der Waals surface area contributed by atoms with Gasteiger partial charge in [-0.1, -0.05) is 72.3 Å². The first-order valence-corrected chi connectivity index (χ1v) is 11.3. The van der Waals surface area contributed by atoms with Gasteiger partial charge in [-0.3, -0.25) is 4.79 Å². The summed E-state index contributed by atoms with van der Waals surface area (Å²) in [6.45, 7) is 0.332. The number of hydrogen-bond donors (Lipinski definition) is 1. The van der Waals surface area contributed by atoms with Gasteiger partial charge >= 0.3 is 5.91 Å². The molecule has 0 unspecified atom stereocenters. The largest absolute Gasteiger partial charge is 0.493 e. The van der Waals surface area contributed by atoms with E-state index in [1.165, 1.54) is 6.21 Å². The molecule has 5 aromatic rings. The van der Waals surface area contributed by atoms with E-state index < -0.39 is 5.91 Å². The minimum absolute atomic E-state index is 0.177. The standard InChI is InChI=1S/C28H21ClN2O4/c1-33-25-14-18(16-30-31-28(32)26-15-20-8-3-5-12-24(20)35-26)13-23(29)27(25)34-17-21-10-6-9-19-7-2-4-11-22(19)21/h2-16H,17H2,1H3,(H,31,32). The molecule has 35 heavy (non-hydrogen) atoms. The van der Waals surface area contributed by atoms with Crippen LogP contribution in [0, 0.1) is 0 Å². The number of hydrogen-bond acceptors (Lipinski definition) is 5. The van der Waals surface area contributed by atoms with Gasteiger partial charge in [0.15, 0.2) is 17.3 Å². The zero-order valence-corrected chi connectivity index (χ0v) is 19.6. The lowest BCUT2D eigenvalue weighted by molar-refractivity contribution is 0.0929. The second kappa shape index (κ2) is 9.91. The number of hydrazone groups is 1. The van der Waals surface area contributed by atoms with E-state index in [1.54, 1.807) is 31.4 Å². The van der Waals surface area contributed by atoms with Crippen LogP contribution in [0.5, 0.6) is 11.5 Å². The molecule has 0 saturated carbocycles. The fourth-order valence-corrected chi connectivity index (χ4v) is 4.11. The third-order valence-corrected chi connectivity index (χ3v) is 5.81. The minimum atomic E-state index is -0.453. The quantitative estimate of drug-likeness (QED) is 0.209. The maximum Gasteiger partial charge on any atom is 0.307 e. The molecule has 4 aromatic carbocycles. The number of methoxy groups -OCH3 is 1. The van der Waals surface area contributed by atoms with Gasteiger partial charge < -0.3 is 13.9 Å². The van der Waals surface area contributed by atoms with Crippen LogP contribution in [-0.4, -0.2) is 19.2 Å². The summed E-state index contributed by atoms with van der Waals surface area (Å²) in [4.78, 5) is 12.4. The molecular weight excluding hydrogens is 464 g/mol. The van der Waals surface area contributed by atoms with E-state index in [0.29, 0.717) is 34.3 Å². The molecule has 1 heterocycles. The van der Waals surface area contributed by atoms with Gasteiger partial charge in [0.05, 0.1) is 18.3 Å². The van der Waals surface area contributed by atoms with Crippen molar-refractivity contribution >= 4 is 45.5 Å². The average Bonchev–Trinajstić information content (AvgIpc) is 3.32. The lowest BCUT2D eigenvalue weighted by atomic mass is 10.1. The summed E-state index contributed by atoms with van der Waals surface area (Å²) in [5, 5.41) is 7.50. The van der Waals surface area contributed by atoms with Crippen molar-refractivity contribution in [3.05, 3.63) is 107 Å². The lowest BCUT2D eigenvalue weighted by Gasteiger charge is -2.14. The van der Waals surface area contributed by atoms with Gasteiger partial charge in [0.25, 0.3) is 0 Å². The zero-order valence-electron chi connectivity index (χ0n) is 18.8. The zero-order chi connectivity index (χ0) is 24.2. The van der Waals surface area contributed by atoms with E-state index in [4.69, 9.17) is 25.5 Å². The van der Waals surface area contributed by atoms with Gasteiger partial charge in [-0.15, -0.1) is 0 Å². The fraction of sp³-hybridized carbons (Fsp3) is 0.0714. The van der Waals surface area contributed by atoms with Crippen molar-refractivity contribution in [2.75, 3.05) is 7.11 Å². The van der Waals surface area contributed by atoms with Gasteiger partial charge in [0, 0.05) is 5.39 Å². The first-order chi connectivity index (χ1) is 17.1. The SMILES string of the molecule is COc1cc(C=NNC(=O)c2cc3ccccc3o2)cc(Cl)c1OCc1cccc2ccccc12. The number of fused-ring (bicyclic) bond motifs is 2. The summed E-state index contributed by atoms with van der Waals surface area (Å²) in [5.41, 5.74) is 4.78. The predicted octanol–water partition coefficient (Wildman–Crippen LogP) is 6.59. The number of nitrogens with one attached hydrogen (secondary N) is 1. The molecule has 1 N–H and O–H groups in total. The van der Waals surface area contributed by atoms with Gasteiger partial charge in [0.1, 0.15) is 12.2 Å². The maximum absolute atomic E-state index is 12.4. The molecule has 6 nitrogen and oxygen atoms in total. The van der Waals surface area contributed by atoms with Crippen molar-refractivity contribution in [2.45, 2.75) is 6.61 Å². The third kappa shape index (κ3) is 4.83. The van der Waals surface area contributed by atoms with Crippen molar-refractivity contribution in [3.63, 3.8) is 0 Å². The monoisotopic (exact) mass is 484 g/mol. The van der Waals surface area contributed by atoms with Crippen molar-refractivity contribution in [1.29, 1.82) is 0 Å². The molecule has 174 valence electrons. The van der Waals surface area contributed by atoms with E-state index in [0.717, 1.165) is 21.7 Å². The number of furan rings is 1. The predicted molar refractivity (Wildman–Crippen MR) is 138 cm³/mol. The Balaban J connectivity index is 1.29. The van der Waals surface area contributed by atoms with E-state index in [-0.39, 0.29) is 5.76 Å². The van der Waals surface area contributed by atoms with Crippen LogP contribution in [-0.2, 0) is 6.61 Å². The number of halogens is 1. The first kappa shape index (κ1) is 22.5. The van der Waals surface area contributed by atoms with Crippen LogP contribution >= 0.6 is 11.6 Å².